The van der Waals surface area contributed by atoms with E-state index in [9.17, 15) is 19.2 Å². The predicted molar refractivity (Wildman–Crippen MR) is 379 cm³/mol. The van der Waals surface area contributed by atoms with Gasteiger partial charge in [0.2, 0.25) is 0 Å². The Morgan fingerprint density at radius 2 is 0.461 bits per heavy atom. The molecule has 0 saturated carbocycles. The molecule has 462 valence electrons. The van der Waals surface area contributed by atoms with E-state index in [1.165, 1.54) is 54.8 Å². The molecule has 0 atom stereocenters. The van der Waals surface area contributed by atoms with E-state index >= 15 is 0 Å². The summed E-state index contributed by atoms with van der Waals surface area (Å²) in [5.74, 6) is -1.98. The summed E-state index contributed by atoms with van der Waals surface area (Å²) in [6, 6.07) is 97.4. The van der Waals surface area contributed by atoms with Gasteiger partial charge in [-0.3, -0.25) is 0 Å². The summed E-state index contributed by atoms with van der Waals surface area (Å²) in [6.07, 6.45) is 10.00. The van der Waals surface area contributed by atoms with Crippen LogP contribution in [-0.4, -0.2) is 69.2 Å². The number of rotatable bonds is 34. The van der Waals surface area contributed by atoms with Gasteiger partial charge in [-0.05, 0) is 0 Å². The number of esters is 3. The molecule has 0 unspecified atom stereocenters. The van der Waals surface area contributed by atoms with Gasteiger partial charge in [-0.2, -0.15) is 0 Å². The molecule has 11 heteroatoms. The van der Waals surface area contributed by atoms with Gasteiger partial charge in [-0.25, -0.2) is 0 Å². The Hall–Kier alpha value is -7.85. The van der Waals surface area contributed by atoms with Crippen LogP contribution in [-0.2, 0) is 33.4 Å². The van der Waals surface area contributed by atoms with Crippen LogP contribution in [0.3, 0.4) is 0 Å². The first-order chi connectivity index (χ1) is 43.7. The molecule has 0 aliphatic heterocycles. The van der Waals surface area contributed by atoms with Crippen LogP contribution in [0.15, 0.2) is 273 Å². The summed E-state index contributed by atoms with van der Waals surface area (Å²) < 4.78 is 18.0. The molecule has 0 saturated heterocycles. The fourth-order valence-electron chi connectivity index (χ4n) is 13.3. The van der Waals surface area contributed by atoms with Crippen LogP contribution in [0.1, 0.15) is 77.0 Å². The van der Waals surface area contributed by atoms with Crippen LogP contribution in [0.4, 0.5) is 0 Å². The molecule has 0 bridgehead atoms. The molecule has 0 heterocycles. The Bertz CT molecular complexity index is 2900. The van der Waals surface area contributed by atoms with Crippen LogP contribution in [0.2, 0.25) is 0 Å². The number of nitrogens with one attached hydrogen (secondary N) is 1. The van der Waals surface area contributed by atoms with Crippen molar-refractivity contribution in [1.82, 2.24) is 5.32 Å². The molecule has 89 heavy (non-hydrogen) atoms. The molecular formula is C78H88NO7P3. The Balaban J connectivity index is 0.849. The zero-order valence-corrected chi connectivity index (χ0v) is 54.6. The Morgan fingerprint density at radius 1 is 0.281 bits per heavy atom. The number of carbonyl (C=O) groups is 4. The van der Waals surface area contributed by atoms with E-state index in [-0.39, 0.29) is 19.3 Å². The van der Waals surface area contributed by atoms with E-state index in [1.807, 2.05) is 0 Å². The average Bonchev–Trinajstić information content (AvgIpc) is 0.848. The van der Waals surface area contributed by atoms with E-state index in [2.05, 4.69) is 278 Å². The summed E-state index contributed by atoms with van der Waals surface area (Å²) in [7, 11) is -5.88. The zero-order chi connectivity index (χ0) is 61.9. The van der Waals surface area contributed by atoms with E-state index in [0.717, 1.165) is 57.0 Å². The van der Waals surface area contributed by atoms with Crippen molar-refractivity contribution >= 4 is 93.3 Å². The summed E-state index contributed by atoms with van der Waals surface area (Å²) >= 11 is 0. The Kier molecular flexibility index (Phi) is 24.8. The molecule has 1 N–H and O–H groups in total. The summed E-state index contributed by atoms with van der Waals surface area (Å²) in [5.41, 5.74) is -1.69. The van der Waals surface area contributed by atoms with Crippen LogP contribution >= 0.6 is 21.8 Å². The third-order valence-electron chi connectivity index (χ3n) is 17.9. The van der Waals surface area contributed by atoms with Gasteiger partial charge in [0.25, 0.3) is 0 Å². The summed E-state index contributed by atoms with van der Waals surface area (Å²) in [4.78, 5) is 55.7. The van der Waals surface area contributed by atoms with Crippen LogP contribution in [0, 0.1) is 5.41 Å². The van der Waals surface area contributed by atoms with Gasteiger partial charge in [0.1, 0.15) is 0 Å². The van der Waals surface area contributed by atoms with E-state index in [0.29, 0.717) is 19.3 Å². The Morgan fingerprint density at radius 3 is 0.629 bits per heavy atom. The first kappa shape index (κ1) is 65.6. The third-order valence-corrected chi connectivity index (χ3v) is 33.1. The molecule has 0 spiro atoms. The van der Waals surface area contributed by atoms with Gasteiger partial charge in [0.05, 0.1) is 0 Å². The SMILES string of the molecule is CNC(=O)C(COC(=O)CCCCC[PH](c1ccccc1)(c1ccccc1)c1ccccc1)(COC(=O)CCCCC[PH](c1ccccc1)(c1ccccc1)c1ccccc1)COC(=O)CCCCC[PH](c1ccccc1)(c1ccccc1)c1ccccc1. The number of benzene rings is 9. The zero-order valence-electron chi connectivity index (χ0n) is 51.6. The molecule has 0 fully saturated rings. The second-order valence-electron chi connectivity index (χ2n) is 23.5. The first-order valence-corrected chi connectivity index (χ1v) is 38.5. The third kappa shape index (κ3) is 16.7. The molecule has 0 aliphatic carbocycles. The summed E-state index contributed by atoms with van der Waals surface area (Å²) in [6.45, 7) is -1.31. The van der Waals surface area contributed by atoms with Crippen molar-refractivity contribution in [3.63, 3.8) is 0 Å². The number of unbranched alkanes of at least 4 members (excludes halogenated alkanes) is 6. The van der Waals surface area contributed by atoms with Crippen molar-refractivity contribution in [2.45, 2.75) is 77.0 Å². The minimum atomic E-state index is -2.45. The number of hydrogen-bond donors (Lipinski definition) is 1. The quantitative estimate of drug-likeness (QED) is 0.0185. The van der Waals surface area contributed by atoms with Gasteiger partial charge in [0.15, 0.2) is 0 Å². The van der Waals surface area contributed by atoms with Gasteiger partial charge in [-0.15, -0.1) is 0 Å². The molecule has 9 rings (SSSR count). The van der Waals surface area contributed by atoms with Gasteiger partial charge in [0, 0.05) is 0 Å². The van der Waals surface area contributed by atoms with Gasteiger partial charge < -0.3 is 0 Å². The molecule has 9 aromatic rings. The Labute approximate surface area is 529 Å². The van der Waals surface area contributed by atoms with Gasteiger partial charge >= 0.3 is 533 Å². The van der Waals surface area contributed by atoms with Crippen molar-refractivity contribution in [1.29, 1.82) is 0 Å². The van der Waals surface area contributed by atoms with Crippen LogP contribution < -0.4 is 53.1 Å². The number of carbonyl (C=O) groups excluding carboxylic acids is 4. The van der Waals surface area contributed by atoms with Crippen LogP contribution in [0.5, 0.6) is 0 Å². The second kappa shape index (κ2) is 33.7. The normalized spacial score (nSPS) is 12.8. The molecule has 0 aromatic heterocycles. The molecule has 0 aliphatic rings. The topological polar surface area (TPSA) is 108 Å². The number of hydrogen-bond acceptors (Lipinski definition) is 7. The van der Waals surface area contributed by atoms with Crippen molar-refractivity contribution in [2.24, 2.45) is 5.41 Å². The first-order valence-electron chi connectivity index (χ1n) is 31.9. The fraction of sp³-hybridized carbons (Fsp3) is 0.256. The second-order valence-corrected chi connectivity index (χ2v) is 35.7. The van der Waals surface area contributed by atoms with E-state index < -0.39 is 70.8 Å². The molecule has 1 amide bonds. The number of amides is 1. The molecular weight excluding hydrogens is 1160 g/mol. The van der Waals surface area contributed by atoms with Crippen molar-refractivity contribution < 1.29 is 33.4 Å². The van der Waals surface area contributed by atoms with Crippen molar-refractivity contribution in [3.05, 3.63) is 273 Å². The monoisotopic (exact) mass is 1240 g/mol. The van der Waals surface area contributed by atoms with Crippen molar-refractivity contribution in [2.75, 3.05) is 45.4 Å². The van der Waals surface area contributed by atoms with Gasteiger partial charge in [-0.1, -0.05) is 0 Å². The minimum absolute atomic E-state index is 0.131. The van der Waals surface area contributed by atoms with E-state index in [1.54, 1.807) is 0 Å². The number of ether oxygens (including phenoxy) is 3. The predicted octanol–water partition coefficient (Wildman–Crippen LogP) is 12.2. The van der Waals surface area contributed by atoms with Crippen molar-refractivity contribution in [3.8, 4) is 0 Å². The molecule has 8 nitrogen and oxygen atoms in total. The molecule has 9 aromatic carbocycles. The average molecular weight is 1240 g/mol. The summed E-state index contributed by atoms with van der Waals surface area (Å²) in [5, 5.41) is 14.8. The maximum atomic E-state index is 14.2. The fourth-order valence-corrected chi connectivity index (χ4v) is 28.1. The standard InChI is InChI=1S/C78H88NO7P3/c1-79-77(83)78(62-84-74(80)56-32-11-35-59-87(65-38-14-2-15-39-65,66-40-16-3-17-41-66)67-42-18-4-19-43-67,63-85-75(81)57-33-12-36-60-88(68-44-20-5-21-45-68,69-46-22-6-23-47-69)70-48-24-7-25-49-70)64-86-76(82)58-34-13-37-61-89(71-50-26-8-27-51-71,72-52-28-9-29-53-72)73-54-30-10-31-55-73/h2-10,14-31,38-55,87-89H,11-13,32-37,56-64H2,1H3,(H,79,83). The maximum absolute atomic E-state index is 14.2. The molecule has 0 radical (unpaired) electrons. The van der Waals surface area contributed by atoms with Crippen LogP contribution in [0.25, 0.3) is 0 Å². The van der Waals surface area contributed by atoms with E-state index in [4.69, 9.17) is 14.2 Å².